The van der Waals surface area contributed by atoms with Crippen molar-refractivity contribution in [2.45, 2.75) is 0 Å². The first-order valence-electron chi connectivity index (χ1n) is 8.75. The molecule has 0 aliphatic carbocycles. The predicted octanol–water partition coefficient (Wildman–Crippen LogP) is 3.84. The van der Waals surface area contributed by atoms with E-state index in [1.54, 1.807) is 24.1 Å². The molecule has 156 valence electrons. The Kier molecular flexibility index (Phi) is 8.19. The summed E-state index contributed by atoms with van der Waals surface area (Å²) in [6, 6.07) is 11.6. The van der Waals surface area contributed by atoms with Crippen LogP contribution < -0.4 is 14.4 Å². The molecular weight excluding hydrogens is 417 g/mol. The normalized spacial score (nSPS) is 10.7. The number of ether oxygens (including phenoxy) is 2. The van der Waals surface area contributed by atoms with E-state index >= 15 is 0 Å². The largest absolute Gasteiger partial charge is 0.497 e. The van der Waals surface area contributed by atoms with Crippen molar-refractivity contribution in [2.24, 2.45) is 0 Å². The van der Waals surface area contributed by atoms with Gasteiger partial charge >= 0.3 is 0 Å². The van der Waals surface area contributed by atoms with Gasteiger partial charge in [0.2, 0.25) is 0 Å². The fraction of sp³-hybridized carbons (Fsp3) is 0.300. The summed E-state index contributed by atoms with van der Waals surface area (Å²) in [6.07, 6.45) is 0. The van der Waals surface area contributed by atoms with Crippen LogP contribution in [0.2, 0.25) is 0 Å². The molecule has 0 aliphatic rings. The van der Waals surface area contributed by atoms with E-state index in [1.165, 1.54) is 23.5 Å². The highest BCUT2D eigenvalue weighted by molar-refractivity contribution is 7.22. The summed E-state index contributed by atoms with van der Waals surface area (Å²) in [4.78, 5) is 21.0. The van der Waals surface area contributed by atoms with Crippen molar-refractivity contribution in [3.63, 3.8) is 0 Å². The lowest BCUT2D eigenvalue weighted by Crippen LogP contribution is -2.39. The summed E-state index contributed by atoms with van der Waals surface area (Å²) >= 11 is 1.41. The fourth-order valence-electron chi connectivity index (χ4n) is 2.54. The van der Waals surface area contributed by atoms with Crippen molar-refractivity contribution < 1.29 is 18.7 Å². The Morgan fingerprint density at radius 1 is 1.17 bits per heavy atom. The fourth-order valence-corrected chi connectivity index (χ4v) is 3.58. The van der Waals surface area contributed by atoms with Crippen LogP contribution in [0.3, 0.4) is 0 Å². The Morgan fingerprint density at radius 3 is 2.62 bits per heavy atom. The molecule has 3 aromatic rings. The van der Waals surface area contributed by atoms with Gasteiger partial charge in [0.15, 0.2) is 23.3 Å². The number of hydrogen-bond donors (Lipinski definition) is 0. The molecule has 0 saturated heterocycles. The zero-order valence-corrected chi connectivity index (χ0v) is 18.1. The first kappa shape index (κ1) is 22.9. The average Bonchev–Trinajstić information content (AvgIpc) is 3.09. The Hall–Kier alpha value is -2.42. The molecule has 1 heterocycles. The highest BCUT2D eigenvalue weighted by Gasteiger charge is 2.21. The summed E-state index contributed by atoms with van der Waals surface area (Å²) in [5, 5.41) is 0.576. The van der Waals surface area contributed by atoms with Crippen LogP contribution in [0.15, 0.2) is 42.5 Å². The lowest BCUT2D eigenvalue weighted by atomic mass is 10.3. The molecule has 9 heteroatoms. The molecule has 29 heavy (non-hydrogen) atoms. The number of carbonyl (C=O) groups excluding carboxylic acids is 1. The maximum atomic E-state index is 13.8. The van der Waals surface area contributed by atoms with Crippen molar-refractivity contribution >= 4 is 45.0 Å². The van der Waals surface area contributed by atoms with Gasteiger partial charge in [0, 0.05) is 13.1 Å². The zero-order chi connectivity index (χ0) is 20.1. The van der Waals surface area contributed by atoms with Gasteiger partial charge in [-0.1, -0.05) is 23.5 Å². The quantitative estimate of drug-likeness (QED) is 0.533. The van der Waals surface area contributed by atoms with E-state index in [4.69, 9.17) is 9.47 Å². The second kappa shape index (κ2) is 10.4. The molecule has 0 saturated carbocycles. The average molecular weight is 440 g/mol. The summed E-state index contributed by atoms with van der Waals surface area (Å²) < 4.78 is 25.3. The number of aromatic nitrogens is 1. The molecule has 1 aromatic heterocycles. The number of halogens is 2. The van der Waals surface area contributed by atoms with Crippen molar-refractivity contribution in [1.82, 2.24) is 9.88 Å². The number of para-hydroxylation sites is 1. The number of amides is 1. The Labute approximate surface area is 179 Å². The third-order valence-corrected chi connectivity index (χ3v) is 5.12. The SMILES string of the molecule is COc1ccc2nc(N(CCN(C)C)C(=O)COc3ccccc3F)sc2c1.Cl. The molecule has 0 atom stereocenters. The second-order valence-corrected chi connectivity index (χ2v) is 7.41. The Morgan fingerprint density at radius 2 is 1.93 bits per heavy atom. The Balaban J connectivity index is 0.00000300. The number of benzene rings is 2. The molecule has 6 nitrogen and oxygen atoms in total. The summed E-state index contributed by atoms with van der Waals surface area (Å²) in [5.74, 6) is 0.00699. The van der Waals surface area contributed by atoms with Crippen LogP contribution >= 0.6 is 23.7 Å². The van der Waals surface area contributed by atoms with E-state index in [1.807, 2.05) is 37.2 Å². The maximum absolute atomic E-state index is 13.8. The first-order chi connectivity index (χ1) is 13.5. The number of thiazole rings is 1. The number of hydrogen-bond acceptors (Lipinski definition) is 6. The van der Waals surface area contributed by atoms with Crippen LogP contribution in [0.25, 0.3) is 10.2 Å². The van der Waals surface area contributed by atoms with Gasteiger partial charge in [0.1, 0.15) is 5.75 Å². The lowest BCUT2D eigenvalue weighted by Gasteiger charge is -2.22. The number of fused-ring (bicyclic) bond motifs is 1. The third-order valence-electron chi connectivity index (χ3n) is 4.07. The summed E-state index contributed by atoms with van der Waals surface area (Å²) in [5.41, 5.74) is 0.790. The minimum absolute atomic E-state index is 0. The summed E-state index contributed by atoms with van der Waals surface area (Å²) in [6.45, 7) is 0.835. The van der Waals surface area contributed by atoms with Gasteiger partial charge in [-0.15, -0.1) is 12.4 Å². The molecular formula is C20H23ClFN3O3S. The van der Waals surface area contributed by atoms with Crippen LogP contribution in [-0.4, -0.2) is 56.7 Å². The number of nitrogens with zero attached hydrogens (tertiary/aromatic N) is 3. The molecule has 0 N–H and O–H groups in total. The maximum Gasteiger partial charge on any atom is 0.266 e. The highest BCUT2D eigenvalue weighted by Crippen LogP contribution is 2.31. The van der Waals surface area contributed by atoms with E-state index in [0.717, 1.165) is 16.0 Å². The van der Waals surface area contributed by atoms with E-state index in [0.29, 0.717) is 18.2 Å². The van der Waals surface area contributed by atoms with Gasteiger partial charge in [-0.05, 0) is 44.4 Å². The number of methoxy groups -OCH3 is 1. The predicted molar refractivity (Wildman–Crippen MR) is 116 cm³/mol. The van der Waals surface area contributed by atoms with Crippen LogP contribution in [-0.2, 0) is 4.79 Å². The molecule has 0 bridgehead atoms. The highest BCUT2D eigenvalue weighted by atomic mass is 35.5. The van der Waals surface area contributed by atoms with E-state index in [9.17, 15) is 9.18 Å². The molecule has 0 aliphatic heterocycles. The van der Waals surface area contributed by atoms with Crippen molar-refractivity contribution in [2.75, 3.05) is 45.8 Å². The van der Waals surface area contributed by atoms with Gasteiger partial charge in [-0.2, -0.15) is 0 Å². The van der Waals surface area contributed by atoms with Crippen LogP contribution in [0, 0.1) is 5.82 Å². The van der Waals surface area contributed by atoms with E-state index in [-0.39, 0.29) is 30.7 Å². The minimum atomic E-state index is -0.498. The summed E-state index contributed by atoms with van der Waals surface area (Å²) in [7, 11) is 5.47. The van der Waals surface area contributed by atoms with Gasteiger partial charge in [-0.25, -0.2) is 9.37 Å². The molecule has 0 fully saturated rings. The van der Waals surface area contributed by atoms with Crippen LogP contribution in [0.1, 0.15) is 0 Å². The van der Waals surface area contributed by atoms with Gasteiger partial charge in [0.05, 0.1) is 17.3 Å². The number of likely N-dealkylation sites (N-methyl/N-ethyl adjacent to an activating group) is 1. The zero-order valence-electron chi connectivity index (χ0n) is 16.4. The second-order valence-electron chi connectivity index (χ2n) is 6.40. The smallest absolute Gasteiger partial charge is 0.266 e. The minimum Gasteiger partial charge on any atom is -0.497 e. The third kappa shape index (κ3) is 5.79. The standard InChI is InChI=1S/C20H22FN3O3S.ClH/c1-23(2)10-11-24(19(25)13-27-17-7-5-4-6-15(17)21)20-22-16-9-8-14(26-3)12-18(16)28-20;/h4-9,12H,10-11,13H2,1-3H3;1H. The van der Waals surface area contributed by atoms with Crippen molar-refractivity contribution in [3.05, 3.63) is 48.3 Å². The number of anilines is 1. The monoisotopic (exact) mass is 439 g/mol. The van der Waals surface area contributed by atoms with Crippen molar-refractivity contribution in [3.8, 4) is 11.5 Å². The van der Waals surface area contributed by atoms with Gasteiger partial charge in [0.25, 0.3) is 5.91 Å². The molecule has 0 unspecified atom stereocenters. The molecule has 2 aromatic carbocycles. The topological polar surface area (TPSA) is 54.9 Å². The van der Waals surface area contributed by atoms with Gasteiger partial charge < -0.3 is 14.4 Å². The van der Waals surface area contributed by atoms with Crippen LogP contribution in [0.4, 0.5) is 9.52 Å². The lowest BCUT2D eigenvalue weighted by molar-refractivity contribution is -0.120. The number of rotatable bonds is 8. The van der Waals surface area contributed by atoms with E-state index in [2.05, 4.69) is 4.98 Å². The molecule has 1 amide bonds. The molecule has 0 spiro atoms. The van der Waals surface area contributed by atoms with Crippen LogP contribution in [0.5, 0.6) is 11.5 Å². The molecule has 3 rings (SSSR count). The molecule has 0 radical (unpaired) electrons. The van der Waals surface area contributed by atoms with Gasteiger partial charge in [-0.3, -0.25) is 9.69 Å². The number of carbonyl (C=O) groups is 1. The van der Waals surface area contributed by atoms with Crippen molar-refractivity contribution in [1.29, 1.82) is 0 Å². The van der Waals surface area contributed by atoms with E-state index < -0.39 is 5.82 Å². The first-order valence-corrected chi connectivity index (χ1v) is 9.56. The Bertz CT molecular complexity index is 967.